The minimum absolute atomic E-state index is 0.396. The number of hydrogen-bond donors (Lipinski definition) is 0. The topological polar surface area (TPSA) is 0 Å². The third-order valence-electron chi connectivity index (χ3n) is 1.01. The van der Waals surface area contributed by atoms with Crippen molar-refractivity contribution >= 4 is 23.2 Å². The molecule has 1 aliphatic carbocycles. The number of rotatable bonds is 1. The van der Waals surface area contributed by atoms with Gasteiger partial charge in [-0.25, -0.2) is 0 Å². The summed E-state index contributed by atoms with van der Waals surface area (Å²) < 4.78 is 0. The van der Waals surface area contributed by atoms with E-state index >= 15 is 0 Å². The van der Waals surface area contributed by atoms with Crippen molar-refractivity contribution in [2.75, 3.05) is 0 Å². The molecule has 0 saturated heterocycles. The lowest BCUT2D eigenvalue weighted by molar-refractivity contribution is 1.55. The Bertz CT molecular complexity index is 161. The van der Waals surface area contributed by atoms with E-state index in [9.17, 15) is 0 Å². The van der Waals surface area contributed by atoms with Crippen molar-refractivity contribution < 1.29 is 0 Å². The van der Waals surface area contributed by atoms with Crippen molar-refractivity contribution in [2.45, 2.75) is 4.84 Å². The lowest BCUT2D eigenvalue weighted by atomic mass is 10.3. The van der Waals surface area contributed by atoms with Gasteiger partial charge in [-0.2, -0.15) is 0 Å². The molecular formula is C7H6Cl2. The number of hydrogen-bond acceptors (Lipinski definition) is 0. The fourth-order valence-electron chi connectivity index (χ4n) is 0.645. The monoisotopic (exact) mass is 160 g/mol. The van der Waals surface area contributed by atoms with Gasteiger partial charge in [0, 0.05) is 0 Å². The molecule has 0 atom stereocenters. The van der Waals surface area contributed by atoms with Crippen LogP contribution in [0.25, 0.3) is 0 Å². The summed E-state index contributed by atoms with van der Waals surface area (Å²) in [4.78, 5) is -0.396. The second kappa shape index (κ2) is 3.09. The van der Waals surface area contributed by atoms with Crippen molar-refractivity contribution in [3.63, 3.8) is 0 Å². The van der Waals surface area contributed by atoms with Crippen LogP contribution in [0.4, 0.5) is 0 Å². The maximum Gasteiger partial charge on any atom is 0.126 e. The Morgan fingerprint density at radius 1 is 1.22 bits per heavy atom. The second-order valence-electron chi connectivity index (χ2n) is 1.72. The van der Waals surface area contributed by atoms with Crippen LogP contribution < -0.4 is 0 Å². The number of allylic oxidation sites excluding steroid dienone is 6. The van der Waals surface area contributed by atoms with E-state index in [4.69, 9.17) is 23.2 Å². The Morgan fingerprint density at radius 3 is 2.22 bits per heavy atom. The smallest absolute Gasteiger partial charge is 0.101 e. The molecule has 2 heteroatoms. The van der Waals surface area contributed by atoms with Crippen LogP contribution in [0.15, 0.2) is 36.0 Å². The first-order valence-electron chi connectivity index (χ1n) is 2.64. The van der Waals surface area contributed by atoms with E-state index in [-0.39, 0.29) is 0 Å². The van der Waals surface area contributed by atoms with Gasteiger partial charge in [-0.15, -0.1) is 23.2 Å². The van der Waals surface area contributed by atoms with Gasteiger partial charge < -0.3 is 0 Å². The summed E-state index contributed by atoms with van der Waals surface area (Å²) in [5.41, 5.74) is 1.07. The predicted octanol–water partition coefficient (Wildman–Crippen LogP) is 2.84. The van der Waals surface area contributed by atoms with E-state index in [0.717, 1.165) is 5.57 Å². The zero-order valence-electron chi connectivity index (χ0n) is 4.72. The molecule has 0 fully saturated rings. The van der Waals surface area contributed by atoms with Gasteiger partial charge >= 0.3 is 0 Å². The van der Waals surface area contributed by atoms with Crippen LogP contribution in [0, 0.1) is 0 Å². The van der Waals surface area contributed by atoms with Crippen LogP contribution >= 0.6 is 23.2 Å². The van der Waals surface area contributed by atoms with Gasteiger partial charge in [0.1, 0.15) is 4.84 Å². The lowest BCUT2D eigenvalue weighted by Gasteiger charge is -1.89. The van der Waals surface area contributed by atoms with Crippen molar-refractivity contribution in [3.8, 4) is 0 Å². The Hall–Kier alpha value is -0.200. The van der Waals surface area contributed by atoms with Crippen LogP contribution in [-0.4, -0.2) is 4.84 Å². The van der Waals surface area contributed by atoms with E-state index in [1.165, 1.54) is 0 Å². The average Bonchev–Trinajstić information content (AvgIpc) is 2.15. The molecule has 0 saturated carbocycles. The highest BCUT2D eigenvalue weighted by Crippen LogP contribution is 2.12. The van der Waals surface area contributed by atoms with Crippen LogP contribution in [0.3, 0.4) is 0 Å². The van der Waals surface area contributed by atoms with Gasteiger partial charge in [0.05, 0.1) is 0 Å². The highest BCUT2D eigenvalue weighted by atomic mass is 35.5. The fraction of sp³-hybridized carbons (Fsp3) is 0.143. The average molecular weight is 161 g/mol. The molecule has 0 unspecified atom stereocenters. The van der Waals surface area contributed by atoms with Gasteiger partial charge in [-0.05, 0) is 11.6 Å². The molecular weight excluding hydrogens is 155 g/mol. The van der Waals surface area contributed by atoms with E-state index < -0.39 is 4.84 Å². The van der Waals surface area contributed by atoms with Gasteiger partial charge in [0.25, 0.3) is 0 Å². The molecule has 0 heterocycles. The molecule has 0 N–H and O–H groups in total. The van der Waals surface area contributed by atoms with Gasteiger partial charge in [0.15, 0.2) is 0 Å². The molecule has 9 heavy (non-hydrogen) atoms. The first kappa shape index (κ1) is 6.91. The maximum atomic E-state index is 5.48. The summed E-state index contributed by atoms with van der Waals surface area (Å²) >= 11 is 11.0. The SMILES string of the molecule is ClC(Cl)C=C1C=CC=C1. The number of alkyl halides is 2. The minimum atomic E-state index is -0.396. The summed E-state index contributed by atoms with van der Waals surface area (Å²) in [6, 6.07) is 0. The third kappa shape index (κ3) is 2.25. The Balaban J connectivity index is 2.62. The molecule has 0 amide bonds. The van der Waals surface area contributed by atoms with Gasteiger partial charge in [0.2, 0.25) is 0 Å². The normalized spacial score (nSPS) is 15.7. The molecule has 0 nitrogen and oxygen atoms in total. The lowest BCUT2D eigenvalue weighted by Crippen LogP contribution is -1.78. The molecule has 0 spiro atoms. The van der Waals surface area contributed by atoms with Crippen LogP contribution in [0.1, 0.15) is 0 Å². The van der Waals surface area contributed by atoms with Crippen LogP contribution in [-0.2, 0) is 0 Å². The zero-order valence-corrected chi connectivity index (χ0v) is 6.23. The summed E-state index contributed by atoms with van der Waals surface area (Å²) in [5.74, 6) is 0. The van der Waals surface area contributed by atoms with Gasteiger partial charge in [-0.1, -0.05) is 24.3 Å². The largest absolute Gasteiger partial charge is 0.126 e. The fourth-order valence-corrected chi connectivity index (χ4v) is 0.936. The second-order valence-corrected chi connectivity index (χ2v) is 2.88. The quantitative estimate of drug-likeness (QED) is 0.518. The zero-order chi connectivity index (χ0) is 6.69. The molecule has 1 rings (SSSR count). The van der Waals surface area contributed by atoms with E-state index in [1.54, 1.807) is 6.08 Å². The highest BCUT2D eigenvalue weighted by Gasteiger charge is 1.95. The van der Waals surface area contributed by atoms with E-state index in [0.29, 0.717) is 0 Å². The highest BCUT2D eigenvalue weighted by molar-refractivity contribution is 6.45. The molecule has 0 bridgehead atoms. The Morgan fingerprint density at radius 2 is 1.78 bits per heavy atom. The van der Waals surface area contributed by atoms with Crippen LogP contribution in [0.5, 0.6) is 0 Å². The maximum absolute atomic E-state index is 5.48. The molecule has 0 aliphatic heterocycles. The summed E-state index contributed by atoms with van der Waals surface area (Å²) in [6.45, 7) is 0. The standard InChI is InChI=1S/C7H6Cl2/c8-7(9)5-6-3-1-2-4-6/h1-5,7H. The summed E-state index contributed by atoms with van der Waals surface area (Å²) in [5, 5.41) is 0. The van der Waals surface area contributed by atoms with Crippen molar-refractivity contribution in [2.24, 2.45) is 0 Å². The van der Waals surface area contributed by atoms with Gasteiger partial charge in [-0.3, -0.25) is 0 Å². The molecule has 0 aromatic rings. The number of halogens is 2. The summed E-state index contributed by atoms with van der Waals surface area (Å²) in [6.07, 6.45) is 9.59. The molecule has 0 radical (unpaired) electrons. The molecule has 1 aliphatic rings. The third-order valence-corrected chi connectivity index (χ3v) is 1.26. The molecule has 48 valence electrons. The van der Waals surface area contributed by atoms with E-state index in [2.05, 4.69) is 0 Å². The first-order valence-corrected chi connectivity index (χ1v) is 3.51. The first-order chi connectivity index (χ1) is 4.29. The van der Waals surface area contributed by atoms with E-state index in [1.807, 2.05) is 24.3 Å². The Kier molecular flexibility index (Phi) is 2.38. The molecule has 0 aromatic carbocycles. The van der Waals surface area contributed by atoms with Crippen molar-refractivity contribution in [1.29, 1.82) is 0 Å². The van der Waals surface area contributed by atoms with Crippen molar-refractivity contribution in [1.82, 2.24) is 0 Å². The van der Waals surface area contributed by atoms with Crippen molar-refractivity contribution in [3.05, 3.63) is 36.0 Å². The predicted molar refractivity (Wildman–Crippen MR) is 41.9 cm³/mol. The molecule has 0 aromatic heterocycles. The summed E-state index contributed by atoms with van der Waals surface area (Å²) in [7, 11) is 0. The minimum Gasteiger partial charge on any atom is -0.101 e. The van der Waals surface area contributed by atoms with Crippen LogP contribution in [0.2, 0.25) is 0 Å². The Labute approximate surface area is 64.5 Å².